The molecular weight excluding hydrogens is 318 g/mol. The molecule has 25 heavy (non-hydrogen) atoms. The van der Waals surface area contributed by atoms with E-state index in [2.05, 4.69) is 21.7 Å². The van der Waals surface area contributed by atoms with Crippen LogP contribution in [0.1, 0.15) is 44.7 Å². The number of methoxy groups -OCH3 is 2. The third-order valence-corrected chi connectivity index (χ3v) is 5.53. The molecule has 2 aliphatic rings. The standard InChI is InChI=1S/C19H29N3O3/c1-4-11-21-12-5-8-19(18(21)23)9-6-13-22(19)14-15-17(25-3)16(24-2)7-10-20-15/h7,10H,4-6,8-9,11-14H2,1-3H3. The Labute approximate surface area is 150 Å². The molecule has 0 aliphatic carbocycles. The van der Waals surface area contributed by atoms with E-state index in [4.69, 9.17) is 9.47 Å². The van der Waals surface area contributed by atoms with E-state index in [1.165, 1.54) is 0 Å². The summed E-state index contributed by atoms with van der Waals surface area (Å²) in [5.74, 6) is 1.66. The van der Waals surface area contributed by atoms with Crippen molar-refractivity contribution in [2.24, 2.45) is 0 Å². The van der Waals surface area contributed by atoms with Gasteiger partial charge in [0.25, 0.3) is 0 Å². The van der Waals surface area contributed by atoms with Crippen molar-refractivity contribution in [3.63, 3.8) is 0 Å². The monoisotopic (exact) mass is 347 g/mol. The van der Waals surface area contributed by atoms with Crippen LogP contribution in [0.25, 0.3) is 0 Å². The summed E-state index contributed by atoms with van der Waals surface area (Å²) in [6.45, 7) is 5.42. The van der Waals surface area contributed by atoms with E-state index in [-0.39, 0.29) is 5.54 Å². The fraction of sp³-hybridized carbons (Fsp3) is 0.684. The van der Waals surface area contributed by atoms with Gasteiger partial charge in [-0.3, -0.25) is 14.7 Å². The molecule has 2 saturated heterocycles. The van der Waals surface area contributed by atoms with E-state index < -0.39 is 0 Å². The van der Waals surface area contributed by atoms with Crippen LogP contribution in [0.2, 0.25) is 0 Å². The number of hydrogen-bond acceptors (Lipinski definition) is 5. The zero-order valence-corrected chi connectivity index (χ0v) is 15.6. The largest absolute Gasteiger partial charge is 0.493 e. The number of carbonyl (C=O) groups excluding carboxylic acids is 1. The van der Waals surface area contributed by atoms with Gasteiger partial charge in [0, 0.05) is 31.9 Å². The van der Waals surface area contributed by atoms with Crippen molar-refractivity contribution in [1.29, 1.82) is 0 Å². The highest BCUT2D eigenvalue weighted by Gasteiger charge is 2.50. The zero-order valence-electron chi connectivity index (χ0n) is 15.6. The summed E-state index contributed by atoms with van der Waals surface area (Å²) in [4.78, 5) is 22.1. The van der Waals surface area contributed by atoms with Crippen LogP contribution in [0.3, 0.4) is 0 Å². The number of rotatable bonds is 6. The first-order chi connectivity index (χ1) is 12.2. The number of hydrogen-bond donors (Lipinski definition) is 0. The molecule has 3 rings (SSSR count). The quantitative estimate of drug-likeness (QED) is 0.791. The van der Waals surface area contributed by atoms with E-state index in [1.807, 2.05) is 0 Å². The maximum atomic E-state index is 13.2. The average molecular weight is 347 g/mol. The van der Waals surface area contributed by atoms with Gasteiger partial charge in [0.1, 0.15) is 11.2 Å². The molecule has 2 fully saturated rings. The van der Waals surface area contributed by atoms with Crippen LogP contribution in [-0.2, 0) is 11.3 Å². The molecule has 3 heterocycles. The number of aromatic nitrogens is 1. The molecule has 1 atom stereocenters. The molecule has 1 amide bonds. The molecule has 0 aromatic carbocycles. The number of likely N-dealkylation sites (tertiary alicyclic amines) is 2. The van der Waals surface area contributed by atoms with Crippen LogP contribution in [-0.4, -0.2) is 60.1 Å². The molecular formula is C19H29N3O3. The van der Waals surface area contributed by atoms with Gasteiger partial charge in [0.15, 0.2) is 11.5 Å². The highest BCUT2D eigenvalue weighted by molar-refractivity contribution is 5.87. The molecule has 0 bridgehead atoms. The molecule has 2 aliphatic heterocycles. The Bertz CT molecular complexity index is 620. The van der Waals surface area contributed by atoms with Crippen LogP contribution in [0, 0.1) is 0 Å². The number of carbonyl (C=O) groups is 1. The fourth-order valence-corrected chi connectivity index (χ4v) is 4.38. The molecule has 1 aromatic heterocycles. The molecule has 1 aromatic rings. The Morgan fingerprint density at radius 1 is 1.20 bits per heavy atom. The van der Waals surface area contributed by atoms with Gasteiger partial charge >= 0.3 is 0 Å². The van der Waals surface area contributed by atoms with Gasteiger partial charge < -0.3 is 14.4 Å². The summed E-state index contributed by atoms with van der Waals surface area (Å²) in [7, 11) is 3.27. The van der Waals surface area contributed by atoms with Crippen molar-refractivity contribution in [3.05, 3.63) is 18.0 Å². The Morgan fingerprint density at radius 2 is 1.96 bits per heavy atom. The topological polar surface area (TPSA) is 54.9 Å². The molecule has 0 saturated carbocycles. The van der Waals surface area contributed by atoms with Gasteiger partial charge in [-0.25, -0.2) is 0 Å². The van der Waals surface area contributed by atoms with Gasteiger partial charge in [-0.2, -0.15) is 0 Å². The van der Waals surface area contributed by atoms with Crippen molar-refractivity contribution in [2.45, 2.75) is 51.1 Å². The van der Waals surface area contributed by atoms with Crippen LogP contribution in [0.5, 0.6) is 11.5 Å². The molecule has 1 spiro atoms. The lowest BCUT2D eigenvalue weighted by molar-refractivity contribution is -0.147. The summed E-state index contributed by atoms with van der Waals surface area (Å²) in [5.41, 5.74) is 0.479. The second-order valence-electron chi connectivity index (χ2n) is 6.95. The second kappa shape index (κ2) is 7.60. The first-order valence-electron chi connectivity index (χ1n) is 9.26. The zero-order chi connectivity index (χ0) is 17.9. The summed E-state index contributed by atoms with van der Waals surface area (Å²) in [6, 6.07) is 1.80. The Kier molecular flexibility index (Phi) is 5.47. The van der Waals surface area contributed by atoms with Gasteiger partial charge in [0.2, 0.25) is 5.91 Å². The summed E-state index contributed by atoms with van der Waals surface area (Å²) in [6.07, 6.45) is 6.76. The predicted molar refractivity (Wildman–Crippen MR) is 95.8 cm³/mol. The predicted octanol–water partition coefficient (Wildman–Crippen LogP) is 2.47. The van der Waals surface area contributed by atoms with E-state index in [0.717, 1.165) is 57.4 Å². The average Bonchev–Trinajstić information content (AvgIpc) is 3.02. The number of amides is 1. The first-order valence-corrected chi connectivity index (χ1v) is 9.26. The van der Waals surface area contributed by atoms with Crippen molar-refractivity contribution in [3.8, 4) is 11.5 Å². The van der Waals surface area contributed by atoms with Crippen molar-refractivity contribution < 1.29 is 14.3 Å². The van der Waals surface area contributed by atoms with Gasteiger partial charge in [-0.15, -0.1) is 0 Å². The highest BCUT2D eigenvalue weighted by atomic mass is 16.5. The Balaban J connectivity index is 1.86. The Morgan fingerprint density at radius 3 is 2.64 bits per heavy atom. The minimum absolute atomic E-state index is 0.306. The fourth-order valence-electron chi connectivity index (χ4n) is 4.38. The van der Waals surface area contributed by atoms with Crippen LogP contribution < -0.4 is 9.47 Å². The molecule has 138 valence electrons. The molecule has 6 nitrogen and oxygen atoms in total. The van der Waals surface area contributed by atoms with E-state index >= 15 is 0 Å². The summed E-state index contributed by atoms with van der Waals surface area (Å²) >= 11 is 0. The summed E-state index contributed by atoms with van der Waals surface area (Å²) < 4.78 is 10.9. The van der Waals surface area contributed by atoms with Crippen LogP contribution in [0.15, 0.2) is 12.3 Å². The molecule has 0 radical (unpaired) electrons. The van der Waals surface area contributed by atoms with E-state index in [0.29, 0.717) is 24.0 Å². The minimum atomic E-state index is -0.358. The normalized spacial score (nSPS) is 24.1. The SMILES string of the molecule is CCCN1CCCC2(CCCN2Cc2nccc(OC)c2OC)C1=O. The van der Waals surface area contributed by atoms with Crippen molar-refractivity contribution >= 4 is 5.91 Å². The third kappa shape index (κ3) is 3.19. The molecule has 6 heteroatoms. The summed E-state index contributed by atoms with van der Waals surface area (Å²) in [5, 5.41) is 0. The number of nitrogens with zero attached hydrogens (tertiary/aromatic N) is 3. The van der Waals surface area contributed by atoms with Gasteiger partial charge in [-0.05, 0) is 38.6 Å². The minimum Gasteiger partial charge on any atom is -0.493 e. The van der Waals surface area contributed by atoms with E-state index in [1.54, 1.807) is 26.5 Å². The molecule has 0 N–H and O–H groups in total. The van der Waals surface area contributed by atoms with Crippen molar-refractivity contribution in [1.82, 2.24) is 14.8 Å². The van der Waals surface area contributed by atoms with Crippen LogP contribution >= 0.6 is 0 Å². The Hall–Kier alpha value is -1.82. The lowest BCUT2D eigenvalue weighted by Gasteiger charge is -2.44. The number of ether oxygens (including phenoxy) is 2. The number of piperidine rings is 1. The maximum absolute atomic E-state index is 13.2. The van der Waals surface area contributed by atoms with Gasteiger partial charge in [-0.1, -0.05) is 6.92 Å². The molecule has 1 unspecified atom stereocenters. The van der Waals surface area contributed by atoms with Crippen LogP contribution in [0.4, 0.5) is 0 Å². The lowest BCUT2D eigenvalue weighted by Crippen LogP contribution is -2.59. The first kappa shape index (κ1) is 18.0. The number of pyridine rings is 1. The van der Waals surface area contributed by atoms with E-state index in [9.17, 15) is 4.79 Å². The van der Waals surface area contributed by atoms with Crippen molar-refractivity contribution in [2.75, 3.05) is 33.9 Å². The highest BCUT2D eigenvalue weighted by Crippen LogP contribution is 2.40. The maximum Gasteiger partial charge on any atom is 0.243 e. The lowest BCUT2D eigenvalue weighted by atomic mass is 9.85. The van der Waals surface area contributed by atoms with Gasteiger partial charge in [0.05, 0.1) is 14.2 Å². The smallest absolute Gasteiger partial charge is 0.243 e. The second-order valence-corrected chi connectivity index (χ2v) is 6.95. The third-order valence-electron chi connectivity index (χ3n) is 5.53.